The van der Waals surface area contributed by atoms with Crippen LogP contribution in [0.15, 0.2) is 54.6 Å². The molecule has 0 aliphatic heterocycles. The summed E-state index contributed by atoms with van der Waals surface area (Å²) in [5.74, 6) is -0.475. The molecule has 1 atom stereocenters. The fourth-order valence-corrected chi connectivity index (χ4v) is 2.46. The molecule has 0 saturated heterocycles. The van der Waals surface area contributed by atoms with Gasteiger partial charge in [0.25, 0.3) is 0 Å². The van der Waals surface area contributed by atoms with Gasteiger partial charge in [0.1, 0.15) is 0 Å². The molecule has 0 radical (unpaired) electrons. The van der Waals surface area contributed by atoms with Crippen molar-refractivity contribution in [2.45, 2.75) is 12.3 Å². The summed E-state index contributed by atoms with van der Waals surface area (Å²) in [4.78, 5) is 23.4. The van der Waals surface area contributed by atoms with Gasteiger partial charge in [-0.25, -0.2) is 0 Å². The Morgan fingerprint density at radius 2 is 1.57 bits per heavy atom. The minimum Gasteiger partial charge on any atom is -0.358 e. The summed E-state index contributed by atoms with van der Waals surface area (Å²) in [5.41, 5.74) is 2.06. The second-order valence-electron chi connectivity index (χ2n) is 5.17. The van der Waals surface area contributed by atoms with Gasteiger partial charge in [0.2, 0.25) is 11.8 Å². The maximum atomic E-state index is 12.2. The zero-order valence-corrected chi connectivity index (χ0v) is 13.6. The highest BCUT2D eigenvalue weighted by atomic mass is 35.5. The molecule has 120 valence electrons. The molecule has 2 amide bonds. The lowest BCUT2D eigenvalue weighted by Crippen LogP contribution is -2.35. The second kappa shape index (κ2) is 8.34. The molecular weight excluding hydrogens is 312 g/mol. The van der Waals surface area contributed by atoms with Crippen molar-refractivity contribution in [3.05, 3.63) is 70.7 Å². The van der Waals surface area contributed by atoms with Crippen molar-refractivity contribution >= 4 is 23.4 Å². The number of likely N-dealkylation sites (N-methyl/N-ethyl adjacent to an activating group) is 1. The van der Waals surface area contributed by atoms with Gasteiger partial charge in [-0.2, -0.15) is 0 Å². The van der Waals surface area contributed by atoms with Crippen LogP contribution in [0, 0.1) is 0 Å². The van der Waals surface area contributed by atoms with Gasteiger partial charge in [0.05, 0.1) is 6.54 Å². The van der Waals surface area contributed by atoms with E-state index in [0.717, 1.165) is 11.1 Å². The van der Waals surface area contributed by atoms with Gasteiger partial charge in [0, 0.05) is 24.4 Å². The molecule has 23 heavy (non-hydrogen) atoms. The molecule has 2 aromatic carbocycles. The zero-order chi connectivity index (χ0) is 16.7. The first-order valence-corrected chi connectivity index (χ1v) is 7.75. The van der Waals surface area contributed by atoms with E-state index in [-0.39, 0.29) is 30.7 Å². The molecule has 0 aliphatic carbocycles. The number of carbonyl (C=O) groups is 2. The van der Waals surface area contributed by atoms with Crippen LogP contribution in [0.4, 0.5) is 0 Å². The minimum atomic E-state index is -0.221. The summed E-state index contributed by atoms with van der Waals surface area (Å²) in [6.45, 7) is -0.0164. The highest BCUT2D eigenvalue weighted by Crippen LogP contribution is 2.28. The quantitative estimate of drug-likeness (QED) is 0.855. The molecule has 1 unspecified atom stereocenters. The smallest absolute Gasteiger partial charge is 0.239 e. The van der Waals surface area contributed by atoms with Crippen molar-refractivity contribution in [1.29, 1.82) is 0 Å². The first-order valence-electron chi connectivity index (χ1n) is 7.38. The third-order valence-corrected chi connectivity index (χ3v) is 3.84. The lowest BCUT2D eigenvalue weighted by atomic mass is 9.88. The molecule has 0 heterocycles. The van der Waals surface area contributed by atoms with Crippen LogP contribution in [0.1, 0.15) is 23.5 Å². The first kappa shape index (κ1) is 17.0. The number of benzene rings is 2. The highest BCUT2D eigenvalue weighted by molar-refractivity contribution is 6.30. The number of amides is 2. The Morgan fingerprint density at radius 3 is 2.17 bits per heavy atom. The van der Waals surface area contributed by atoms with Crippen LogP contribution in [0.3, 0.4) is 0 Å². The number of carbonyl (C=O) groups excluding carboxylic acids is 2. The second-order valence-corrected chi connectivity index (χ2v) is 5.61. The van der Waals surface area contributed by atoms with Gasteiger partial charge in [-0.1, -0.05) is 54.1 Å². The molecule has 0 aliphatic rings. The van der Waals surface area contributed by atoms with Gasteiger partial charge in [0.15, 0.2) is 0 Å². The van der Waals surface area contributed by atoms with E-state index in [0.29, 0.717) is 5.02 Å². The highest BCUT2D eigenvalue weighted by Gasteiger charge is 2.18. The molecule has 0 spiro atoms. The number of halogens is 1. The SMILES string of the molecule is CNC(=O)CNC(=O)CC(c1ccccc1)c1ccc(Cl)cc1. The normalized spacial score (nSPS) is 11.6. The van der Waals surface area contributed by atoms with Crippen LogP contribution < -0.4 is 10.6 Å². The number of hydrogen-bond donors (Lipinski definition) is 2. The first-order chi connectivity index (χ1) is 11.1. The Kier molecular flexibility index (Phi) is 6.18. The fourth-order valence-electron chi connectivity index (χ4n) is 2.33. The number of hydrogen-bond acceptors (Lipinski definition) is 2. The Balaban J connectivity index is 2.16. The van der Waals surface area contributed by atoms with Crippen molar-refractivity contribution in [3.8, 4) is 0 Å². The maximum Gasteiger partial charge on any atom is 0.239 e. The molecule has 0 saturated carbocycles. The zero-order valence-electron chi connectivity index (χ0n) is 12.9. The summed E-state index contributed by atoms with van der Waals surface area (Å²) >= 11 is 5.94. The average Bonchev–Trinajstić information content (AvgIpc) is 2.59. The molecule has 0 bridgehead atoms. The summed E-state index contributed by atoms with van der Waals surface area (Å²) < 4.78 is 0. The van der Waals surface area contributed by atoms with E-state index in [4.69, 9.17) is 11.6 Å². The van der Waals surface area contributed by atoms with E-state index in [1.807, 2.05) is 54.6 Å². The van der Waals surface area contributed by atoms with Crippen LogP contribution in [0.25, 0.3) is 0 Å². The maximum absolute atomic E-state index is 12.2. The van der Waals surface area contributed by atoms with Gasteiger partial charge < -0.3 is 10.6 Å². The van der Waals surface area contributed by atoms with Crippen LogP contribution in [0.2, 0.25) is 5.02 Å². The molecule has 2 N–H and O–H groups in total. The Morgan fingerprint density at radius 1 is 0.957 bits per heavy atom. The fraction of sp³-hybridized carbons (Fsp3) is 0.222. The summed E-state index contributed by atoms with van der Waals surface area (Å²) in [6, 6.07) is 17.3. The van der Waals surface area contributed by atoms with Crippen molar-refractivity contribution < 1.29 is 9.59 Å². The van der Waals surface area contributed by atoms with E-state index in [2.05, 4.69) is 10.6 Å². The predicted octanol–water partition coefficient (Wildman–Crippen LogP) is 2.72. The van der Waals surface area contributed by atoms with Crippen LogP contribution in [-0.2, 0) is 9.59 Å². The molecule has 4 nitrogen and oxygen atoms in total. The van der Waals surface area contributed by atoms with Crippen molar-refractivity contribution in [1.82, 2.24) is 10.6 Å². The summed E-state index contributed by atoms with van der Waals surface area (Å²) in [6.07, 6.45) is 0.267. The van der Waals surface area contributed by atoms with Gasteiger partial charge in [-0.15, -0.1) is 0 Å². The summed E-state index contributed by atoms with van der Waals surface area (Å²) in [7, 11) is 1.54. The van der Waals surface area contributed by atoms with Gasteiger partial charge >= 0.3 is 0 Å². The van der Waals surface area contributed by atoms with E-state index in [9.17, 15) is 9.59 Å². The standard InChI is InChI=1S/C18H19ClN2O2/c1-20-18(23)12-21-17(22)11-16(13-5-3-2-4-6-13)14-7-9-15(19)10-8-14/h2-10,16H,11-12H2,1H3,(H,20,23)(H,21,22). The largest absolute Gasteiger partial charge is 0.358 e. The number of rotatable bonds is 6. The Bertz CT molecular complexity index is 656. The van der Waals surface area contributed by atoms with E-state index in [1.165, 1.54) is 7.05 Å². The average molecular weight is 331 g/mol. The van der Waals surface area contributed by atoms with E-state index < -0.39 is 0 Å². The summed E-state index contributed by atoms with van der Waals surface area (Å²) in [5, 5.41) is 5.77. The lowest BCUT2D eigenvalue weighted by molar-refractivity contribution is -0.126. The van der Waals surface area contributed by atoms with Gasteiger partial charge in [-0.05, 0) is 23.3 Å². The topological polar surface area (TPSA) is 58.2 Å². The molecule has 5 heteroatoms. The third-order valence-electron chi connectivity index (χ3n) is 3.59. The Labute approximate surface area is 140 Å². The van der Waals surface area contributed by atoms with Crippen molar-refractivity contribution in [2.75, 3.05) is 13.6 Å². The third kappa shape index (κ3) is 5.11. The molecule has 2 rings (SSSR count). The minimum absolute atomic E-state index is 0.0164. The molecule has 0 fully saturated rings. The van der Waals surface area contributed by atoms with E-state index >= 15 is 0 Å². The van der Waals surface area contributed by atoms with Crippen LogP contribution >= 0.6 is 11.6 Å². The van der Waals surface area contributed by atoms with Gasteiger partial charge in [-0.3, -0.25) is 9.59 Å². The van der Waals surface area contributed by atoms with Crippen molar-refractivity contribution in [2.24, 2.45) is 0 Å². The van der Waals surface area contributed by atoms with E-state index in [1.54, 1.807) is 0 Å². The number of nitrogens with one attached hydrogen (secondary N) is 2. The van der Waals surface area contributed by atoms with Crippen LogP contribution in [-0.4, -0.2) is 25.4 Å². The molecular formula is C18H19ClN2O2. The Hall–Kier alpha value is -2.33. The lowest BCUT2D eigenvalue weighted by Gasteiger charge is -2.18. The van der Waals surface area contributed by atoms with Crippen LogP contribution in [0.5, 0.6) is 0 Å². The molecule has 0 aromatic heterocycles. The van der Waals surface area contributed by atoms with Crippen molar-refractivity contribution in [3.63, 3.8) is 0 Å². The predicted molar refractivity (Wildman–Crippen MR) is 91.4 cm³/mol. The monoisotopic (exact) mass is 330 g/mol. The molecule has 2 aromatic rings.